The van der Waals surface area contributed by atoms with Crippen molar-refractivity contribution in [1.82, 2.24) is 16.1 Å². The van der Waals surface area contributed by atoms with Crippen molar-refractivity contribution in [3.05, 3.63) is 42.5 Å². The van der Waals surface area contributed by atoms with Gasteiger partial charge in [-0.05, 0) is 24.3 Å². The van der Waals surface area contributed by atoms with Gasteiger partial charge in [-0.15, -0.1) is 6.58 Å². The molecule has 4 N–H and O–H groups in total. The first kappa shape index (κ1) is 20.1. The summed E-state index contributed by atoms with van der Waals surface area (Å²) in [5, 5.41) is 14.0. The fourth-order valence-corrected chi connectivity index (χ4v) is 3.14. The van der Waals surface area contributed by atoms with E-state index in [1.807, 2.05) is 0 Å². The van der Waals surface area contributed by atoms with E-state index in [1.165, 1.54) is 11.6 Å². The van der Waals surface area contributed by atoms with E-state index in [9.17, 15) is 29.0 Å². The average Bonchev–Trinajstić information content (AvgIpc) is 2.50. The van der Waals surface area contributed by atoms with Crippen molar-refractivity contribution in [2.75, 3.05) is 13.1 Å². The zero-order chi connectivity index (χ0) is 19.9. The van der Waals surface area contributed by atoms with Crippen LogP contribution in [-0.4, -0.2) is 36.2 Å². The molecule has 12 heteroatoms. The summed E-state index contributed by atoms with van der Waals surface area (Å²) in [5.74, 6) is -1.93. The Bertz CT molecular complexity index is 748. The minimum absolute atomic E-state index is 0.103. The Morgan fingerprint density at radius 3 is 2.08 bits per heavy atom. The van der Waals surface area contributed by atoms with Gasteiger partial charge in [-0.2, -0.15) is 0 Å². The van der Waals surface area contributed by atoms with Crippen molar-refractivity contribution in [2.45, 2.75) is 10.9 Å². The summed E-state index contributed by atoms with van der Waals surface area (Å²) in [4.78, 5) is 21.9. The number of hydroxylamine groups is 1. The van der Waals surface area contributed by atoms with Crippen LogP contribution in [0.4, 0.5) is 19.4 Å². The number of benzene rings is 1. The number of hydrogen-bond donors (Lipinski definition) is 4. The summed E-state index contributed by atoms with van der Waals surface area (Å²) in [6.07, 6.45) is 1.40. The normalized spacial score (nSPS) is 19.9. The highest BCUT2D eigenvalue weighted by Gasteiger charge is 2.65. The molecule has 1 aliphatic rings. The zero-order valence-corrected chi connectivity index (χ0v) is 14.0. The number of amides is 2. The van der Waals surface area contributed by atoms with E-state index in [-0.39, 0.29) is 30.8 Å². The molecule has 0 aromatic heterocycles. The topological polar surface area (TPSA) is 90.5 Å². The van der Waals surface area contributed by atoms with Gasteiger partial charge in [0.15, 0.2) is 0 Å². The van der Waals surface area contributed by atoms with E-state index in [0.717, 1.165) is 0 Å². The van der Waals surface area contributed by atoms with Crippen LogP contribution in [0.1, 0.15) is 10.4 Å². The lowest BCUT2D eigenvalue weighted by molar-refractivity contribution is -0.134. The zero-order valence-electron chi connectivity index (χ0n) is 13.1. The van der Waals surface area contributed by atoms with Crippen molar-refractivity contribution in [1.29, 1.82) is 0 Å². The smallest absolute Gasteiger partial charge is 0.310 e. The van der Waals surface area contributed by atoms with Crippen LogP contribution >= 0.6 is 10.2 Å². The molecule has 2 rings (SSSR count). The van der Waals surface area contributed by atoms with Gasteiger partial charge in [-0.1, -0.05) is 25.5 Å². The summed E-state index contributed by atoms with van der Waals surface area (Å²) in [6.45, 7) is 4.09. The van der Waals surface area contributed by atoms with E-state index in [2.05, 4.69) is 17.2 Å². The van der Waals surface area contributed by atoms with Crippen molar-refractivity contribution >= 4 is 22.0 Å². The van der Waals surface area contributed by atoms with Gasteiger partial charge >= 0.3 is 10.2 Å². The Morgan fingerprint density at radius 1 is 1.19 bits per heavy atom. The van der Waals surface area contributed by atoms with Gasteiger partial charge in [-0.3, -0.25) is 14.8 Å². The second-order valence-electron chi connectivity index (χ2n) is 5.92. The molecular weight excluding hydrogens is 385 g/mol. The van der Waals surface area contributed by atoms with Crippen molar-refractivity contribution in [2.24, 2.45) is 5.41 Å². The van der Waals surface area contributed by atoms with Crippen molar-refractivity contribution in [3.63, 3.8) is 0 Å². The summed E-state index contributed by atoms with van der Waals surface area (Å²) in [7, 11) is -9.84. The molecule has 146 valence electrons. The third-order valence-corrected chi connectivity index (χ3v) is 5.26. The molecule has 26 heavy (non-hydrogen) atoms. The number of nitrogens with one attached hydrogen (secondary N) is 3. The van der Waals surface area contributed by atoms with Gasteiger partial charge in [-0.25, -0.2) is 5.48 Å². The Kier molecular flexibility index (Phi) is 4.38. The van der Waals surface area contributed by atoms with E-state index >= 15 is 0 Å². The predicted octanol–water partition coefficient (Wildman–Crippen LogP) is 2.72. The Hall–Kier alpha value is -2.18. The molecule has 1 heterocycles. The third-order valence-electron chi connectivity index (χ3n) is 4.10. The van der Waals surface area contributed by atoms with E-state index in [1.54, 1.807) is 0 Å². The van der Waals surface area contributed by atoms with Crippen molar-refractivity contribution < 1.29 is 34.2 Å². The van der Waals surface area contributed by atoms with Gasteiger partial charge in [0.25, 0.3) is 11.8 Å². The first-order valence-corrected chi connectivity index (χ1v) is 9.11. The largest absolute Gasteiger partial charge is 0.339 e. The predicted molar refractivity (Wildman–Crippen MR) is 84.5 cm³/mol. The molecule has 1 atom stereocenters. The molecule has 1 saturated heterocycles. The monoisotopic (exact) mass is 401 g/mol. The van der Waals surface area contributed by atoms with Crippen LogP contribution < -0.4 is 16.1 Å². The van der Waals surface area contributed by atoms with Crippen LogP contribution in [0.15, 0.2) is 41.8 Å². The van der Waals surface area contributed by atoms with Crippen LogP contribution in [0.5, 0.6) is 0 Å². The fourth-order valence-electron chi connectivity index (χ4n) is 2.49. The molecule has 0 bridgehead atoms. The molecule has 0 saturated carbocycles. The molecule has 1 fully saturated rings. The van der Waals surface area contributed by atoms with Crippen LogP contribution in [0, 0.1) is 5.41 Å². The van der Waals surface area contributed by atoms with E-state index < -0.39 is 38.4 Å². The first-order valence-electron chi connectivity index (χ1n) is 7.16. The maximum atomic E-state index is 12.7. The highest BCUT2D eigenvalue weighted by Crippen LogP contribution is 3.02. The number of rotatable bonds is 6. The summed E-state index contributed by atoms with van der Waals surface area (Å²) < 4.78 is 63.5. The number of halogens is 5. The molecule has 6 nitrogen and oxygen atoms in total. The summed E-state index contributed by atoms with van der Waals surface area (Å²) in [5.41, 5.74) is 0.123. The molecule has 1 aromatic carbocycles. The first-order chi connectivity index (χ1) is 11.7. The third kappa shape index (κ3) is 3.97. The standard InChI is InChI=1S/C14H16F5N3O3S/c1-2-14(7-20-8-14)11(13(24)22-25)21-12(23)9-3-5-10(6-4-9)26(15,16,17,18)19/h2-6,11,20,25H,1,7-8H2,(H,21,23)(H,22,24)/t11-/m1/s1. The van der Waals surface area contributed by atoms with Gasteiger partial charge in [0.2, 0.25) is 0 Å². The Morgan fingerprint density at radius 2 is 1.73 bits per heavy atom. The Balaban J connectivity index is 2.25. The fraction of sp³-hybridized carbons (Fsp3) is 0.286. The minimum atomic E-state index is -9.84. The van der Waals surface area contributed by atoms with Gasteiger partial charge in [0.05, 0.1) is 0 Å². The van der Waals surface area contributed by atoms with E-state index in [0.29, 0.717) is 12.1 Å². The van der Waals surface area contributed by atoms with Crippen LogP contribution in [-0.2, 0) is 4.79 Å². The average molecular weight is 401 g/mol. The Labute approximate surface area is 145 Å². The summed E-state index contributed by atoms with van der Waals surface area (Å²) in [6, 6.07) is 0.0954. The lowest BCUT2D eigenvalue weighted by Crippen LogP contribution is -2.67. The van der Waals surface area contributed by atoms with Gasteiger partial charge in [0.1, 0.15) is 10.9 Å². The molecular formula is C14H16F5N3O3S. The lowest BCUT2D eigenvalue weighted by Gasteiger charge is -2.45. The molecule has 0 spiro atoms. The maximum absolute atomic E-state index is 12.7. The van der Waals surface area contributed by atoms with Gasteiger partial charge in [0, 0.05) is 24.1 Å². The number of carbonyl (C=O) groups excluding carboxylic acids is 2. The molecule has 0 radical (unpaired) electrons. The summed E-state index contributed by atoms with van der Waals surface area (Å²) >= 11 is 0. The van der Waals surface area contributed by atoms with Gasteiger partial charge < -0.3 is 10.6 Å². The highest BCUT2D eigenvalue weighted by molar-refractivity contribution is 8.45. The molecule has 0 aliphatic carbocycles. The SMILES string of the molecule is C=CC1([C@H](NC(=O)c2ccc(S(F)(F)(F)(F)F)cc2)C(=O)NO)CNC1. The number of carbonyl (C=O) groups is 2. The van der Waals surface area contributed by atoms with Crippen LogP contribution in [0.25, 0.3) is 0 Å². The minimum Gasteiger partial charge on any atom is -0.339 e. The number of hydrogen-bond acceptors (Lipinski definition) is 4. The lowest BCUT2D eigenvalue weighted by atomic mass is 9.74. The van der Waals surface area contributed by atoms with Crippen molar-refractivity contribution in [3.8, 4) is 0 Å². The highest BCUT2D eigenvalue weighted by atomic mass is 32.5. The molecule has 2 amide bonds. The molecule has 1 aliphatic heterocycles. The van der Waals surface area contributed by atoms with Crippen LogP contribution in [0.2, 0.25) is 0 Å². The maximum Gasteiger partial charge on any atom is 0.310 e. The van der Waals surface area contributed by atoms with Crippen LogP contribution in [0.3, 0.4) is 0 Å². The molecule has 1 aromatic rings. The van der Waals surface area contributed by atoms with E-state index in [4.69, 9.17) is 5.21 Å². The molecule has 0 unspecified atom stereocenters. The second-order valence-corrected chi connectivity index (χ2v) is 8.33. The second kappa shape index (κ2) is 5.66. The quantitative estimate of drug-likeness (QED) is 0.255.